The van der Waals surface area contributed by atoms with Crippen molar-refractivity contribution in [3.8, 4) is 0 Å². The third kappa shape index (κ3) is 2.15. The molecule has 0 bridgehead atoms. The lowest BCUT2D eigenvalue weighted by Crippen LogP contribution is -2.21. The lowest BCUT2D eigenvalue weighted by atomic mass is 10.1. The molecule has 0 amide bonds. The molecule has 2 N–H and O–H groups in total. The summed E-state index contributed by atoms with van der Waals surface area (Å²) in [5.41, 5.74) is 0.725. The predicted octanol–water partition coefficient (Wildman–Crippen LogP) is 1.26. The highest BCUT2D eigenvalue weighted by molar-refractivity contribution is 14.1. The molecule has 0 aromatic heterocycles. The first kappa shape index (κ1) is 8.96. The average molecular weight is 264 g/mol. The molecule has 11 heavy (non-hydrogen) atoms. The van der Waals surface area contributed by atoms with E-state index in [1.165, 1.54) is 0 Å². The van der Waals surface area contributed by atoms with Gasteiger partial charge in [0.2, 0.25) is 0 Å². The molecule has 0 aliphatic rings. The van der Waals surface area contributed by atoms with Crippen molar-refractivity contribution in [3.05, 3.63) is 35.9 Å². The summed E-state index contributed by atoms with van der Waals surface area (Å²) >= 11 is 1.81. The van der Waals surface area contributed by atoms with Gasteiger partial charge in [-0.3, -0.25) is 0 Å². The second kappa shape index (κ2) is 3.51. The Hall–Kier alpha value is -0.130. The number of hydrogen-bond donors (Lipinski definition) is 2. The smallest absolute Gasteiger partial charge is 0.163 e. The van der Waals surface area contributed by atoms with Crippen LogP contribution in [-0.4, -0.2) is 16.8 Å². The molecular formula is C8H9IO2. The SMILES string of the molecule is OC[C@@](O)(I)c1ccccc1. The molecule has 1 rings (SSSR count). The summed E-state index contributed by atoms with van der Waals surface area (Å²) in [5, 5.41) is 18.3. The number of aliphatic hydroxyl groups excluding tert-OH is 1. The van der Waals surface area contributed by atoms with Gasteiger partial charge < -0.3 is 10.2 Å². The van der Waals surface area contributed by atoms with Crippen LogP contribution in [0.1, 0.15) is 5.56 Å². The minimum absolute atomic E-state index is 0.266. The van der Waals surface area contributed by atoms with Crippen molar-refractivity contribution >= 4 is 22.6 Å². The summed E-state index contributed by atoms with van der Waals surface area (Å²) in [7, 11) is 0. The standard InChI is InChI=1S/C8H9IO2/c9-8(11,6-10)7-4-2-1-3-5-7/h1-5,10-11H,6H2/t8-/m0/s1. The van der Waals surface area contributed by atoms with Crippen LogP contribution in [0, 0.1) is 0 Å². The van der Waals surface area contributed by atoms with Crippen molar-refractivity contribution in [2.75, 3.05) is 6.61 Å². The maximum atomic E-state index is 9.53. The Balaban J connectivity index is 2.93. The molecule has 3 heteroatoms. The van der Waals surface area contributed by atoms with Crippen LogP contribution in [0.25, 0.3) is 0 Å². The fourth-order valence-electron chi connectivity index (χ4n) is 0.785. The summed E-state index contributed by atoms with van der Waals surface area (Å²) in [6.45, 7) is -0.266. The van der Waals surface area contributed by atoms with Crippen LogP contribution in [0.2, 0.25) is 0 Å². The van der Waals surface area contributed by atoms with Crippen molar-refractivity contribution < 1.29 is 10.2 Å². The van der Waals surface area contributed by atoms with E-state index in [9.17, 15) is 5.11 Å². The Kier molecular flexibility index (Phi) is 2.86. The van der Waals surface area contributed by atoms with Gasteiger partial charge >= 0.3 is 0 Å². The van der Waals surface area contributed by atoms with E-state index in [0.717, 1.165) is 5.56 Å². The lowest BCUT2D eigenvalue weighted by Gasteiger charge is -2.17. The molecule has 1 aromatic carbocycles. The van der Waals surface area contributed by atoms with Crippen molar-refractivity contribution in [3.63, 3.8) is 0 Å². The molecule has 2 nitrogen and oxygen atoms in total. The number of hydrogen-bond acceptors (Lipinski definition) is 2. The summed E-state index contributed by atoms with van der Waals surface area (Å²) in [5.74, 6) is 0. The van der Waals surface area contributed by atoms with E-state index < -0.39 is 3.61 Å². The van der Waals surface area contributed by atoms with E-state index in [0.29, 0.717) is 0 Å². The molecule has 0 radical (unpaired) electrons. The predicted molar refractivity (Wildman–Crippen MR) is 51.4 cm³/mol. The molecule has 0 saturated carbocycles. The van der Waals surface area contributed by atoms with Crippen LogP contribution in [0.5, 0.6) is 0 Å². The molecule has 60 valence electrons. The van der Waals surface area contributed by atoms with Crippen LogP contribution < -0.4 is 0 Å². The zero-order chi connectivity index (χ0) is 8.32. The number of aliphatic hydroxyl groups is 2. The van der Waals surface area contributed by atoms with E-state index in [1.54, 1.807) is 12.1 Å². The molecule has 0 saturated heterocycles. The van der Waals surface area contributed by atoms with Crippen LogP contribution in [0.4, 0.5) is 0 Å². The van der Waals surface area contributed by atoms with Crippen molar-refractivity contribution in [1.29, 1.82) is 0 Å². The van der Waals surface area contributed by atoms with Crippen LogP contribution in [-0.2, 0) is 3.61 Å². The summed E-state index contributed by atoms with van der Waals surface area (Å²) in [6.07, 6.45) is 0. The second-order valence-electron chi connectivity index (χ2n) is 2.28. The molecule has 0 heterocycles. The van der Waals surface area contributed by atoms with Gasteiger partial charge in [0.15, 0.2) is 3.61 Å². The minimum Gasteiger partial charge on any atom is -0.392 e. The Morgan fingerprint density at radius 1 is 1.27 bits per heavy atom. The van der Waals surface area contributed by atoms with Gasteiger partial charge in [0, 0.05) is 0 Å². The van der Waals surface area contributed by atoms with Gasteiger partial charge in [-0.1, -0.05) is 30.3 Å². The Morgan fingerprint density at radius 3 is 2.27 bits per heavy atom. The van der Waals surface area contributed by atoms with Gasteiger partial charge in [0.1, 0.15) is 0 Å². The Morgan fingerprint density at radius 2 is 1.82 bits per heavy atom. The van der Waals surface area contributed by atoms with Gasteiger partial charge in [0.05, 0.1) is 6.61 Å². The quantitative estimate of drug-likeness (QED) is 0.623. The normalized spacial score (nSPS) is 15.9. The lowest BCUT2D eigenvalue weighted by molar-refractivity contribution is 0.0789. The van der Waals surface area contributed by atoms with Gasteiger partial charge in [0.25, 0.3) is 0 Å². The first-order valence-corrected chi connectivity index (χ1v) is 4.32. The third-order valence-corrected chi connectivity index (χ3v) is 2.39. The maximum Gasteiger partial charge on any atom is 0.163 e. The summed E-state index contributed by atoms with van der Waals surface area (Å²) in [6, 6.07) is 9.09. The zero-order valence-electron chi connectivity index (χ0n) is 5.87. The monoisotopic (exact) mass is 264 g/mol. The summed E-state index contributed by atoms with van der Waals surface area (Å²) in [4.78, 5) is 0. The minimum atomic E-state index is -1.14. The van der Waals surface area contributed by atoms with Crippen LogP contribution >= 0.6 is 22.6 Å². The van der Waals surface area contributed by atoms with Gasteiger partial charge in [-0.25, -0.2) is 0 Å². The first-order valence-electron chi connectivity index (χ1n) is 3.24. The second-order valence-corrected chi connectivity index (χ2v) is 4.07. The number of halogens is 1. The highest BCUT2D eigenvalue weighted by atomic mass is 127. The fourth-order valence-corrected chi connectivity index (χ4v) is 1.14. The topological polar surface area (TPSA) is 40.5 Å². The van der Waals surface area contributed by atoms with Crippen molar-refractivity contribution in [2.45, 2.75) is 3.61 Å². The largest absolute Gasteiger partial charge is 0.392 e. The first-order chi connectivity index (χ1) is 5.17. The Labute approximate surface area is 79.0 Å². The highest BCUT2D eigenvalue weighted by Crippen LogP contribution is 2.27. The van der Waals surface area contributed by atoms with Gasteiger partial charge in [-0.15, -0.1) is 0 Å². The third-order valence-electron chi connectivity index (χ3n) is 1.43. The van der Waals surface area contributed by atoms with Crippen molar-refractivity contribution in [1.82, 2.24) is 0 Å². The molecule has 0 fully saturated rings. The molecule has 0 aliphatic carbocycles. The van der Waals surface area contributed by atoms with Crippen LogP contribution in [0.15, 0.2) is 30.3 Å². The van der Waals surface area contributed by atoms with E-state index in [4.69, 9.17) is 5.11 Å². The molecule has 1 atom stereocenters. The Bertz CT molecular complexity index is 221. The van der Waals surface area contributed by atoms with E-state index in [2.05, 4.69) is 0 Å². The fraction of sp³-hybridized carbons (Fsp3) is 0.250. The van der Waals surface area contributed by atoms with Crippen LogP contribution in [0.3, 0.4) is 0 Å². The number of benzene rings is 1. The summed E-state index contributed by atoms with van der Waals surface area (Å²) < 4.78 is -1.14. The molecule has 0 spiro atoms. The molecular weight excluding hydrogens is 255 g/mol. The highest BCUT2D eigenvalue weighted by Gasteiger charge is 2.23. The van der Waals surface area contributed by atoms with E-state index >= 15 is 0 Å². The zero-order valence-corrected chi connectivity index (χ0v) is 8.02. The van der Waals surface area contributed by atoms with Gasteiger partial charge in [-0.05, 0) is 28.2 Å². The van der Waals surface area contributed by atoms with Crippen molar-refractivity contribution in [2.24, 2.45) is 0 Å². The molecule has 0 unspecified atom stereocenters. The van der Waals surface area contributed by atoms with E-state index in [1.807, 2.05) is 40.8 Å². The van der Waals surface area contributed by atoms with E-state index in [-0.39, 0.29) is 6.61 Å². The average Bonchev–Trinajstić information content (AvgIpc) is 2.06. The number of rotatable bonds is 2. The molecule has 0 aliphatic heterocycles. The maximum absolute atomic E-state index is 9.53. The van der Waals surface area contributed by atoms with Gasteiger partial charge in [-0.2, -0.15) is 0 Å². The number of alkyl halides is 1. The molecule has 1 aromatic rings.